The van der Waals surface area contributed by atoms with Gasteiger partial charge in [0.25, 0.3) is 0 Å². The number of halogens is 2. The fourth-order valence-corrected chi connectivity index (χ4v) is 2.47. The Morgan fingerprint density at radius 3 is 2.83 bits per heavy atom. The molecule has 1 aromatic heterocycles. The van der Waals surface area contributed by atoms with Crippen LogP contribution in [0.5, 0.6) is 5.75 Å². The van der Waals surface area contributed by atoms with Gasteiger partial charge in [-0.1, -0.05) is 12.1 Å². The minimum Gasteiger partial charge on any atom is -0.496 e. The first-order valence-corrected chi connectivity index (χ1v) is 6.23. The van der Waals surface area contributed by atoms with Crippen LogP contribution in [0.1, 0.15) is 16.5 Å². The summed E-state index contributed by atoms with van der Waals surface area (Å²) >= 11 is 1.32. The van der Waals surface area contributed by atoms with Crippen LogP contribution >= 0.6 is 11.3 Å². The number of hydrogen-bond donors (Lipinski definition) is 1. The largest absolute Gasteiger partial charge is 0.496 e. The third-order valence-corrected chi connectivity index (χ3v) is 3.62. The number of benzene rings is 1. The van der Waals surface area contributed by atoms with Crippen LogP contribution in [0.25, 0.3) is 0 Å². The summed E-state index contributed by atoms with van der Waals surface area (Å²) < 4.78 is 31.5. The Labute approximate surface area is 107 Å². The van der Waals surface area contributed by atoms with E-state index in [1.807, 2.05) is 0 Å². The number of rotatable bonds is 4. The SMILES string of the molecule is COc1csc(C(O)Cc2cccc(F)c2F)c1. The molecule has 0 aliphatic rings. The minimum atomic E-state index is -0.903. The molecule has 0 spiro atoms. The summed E-state index contributed by atoms with van der Waals surface area (Å²) in [6.45, 7) is 0. The van der Waals surface area contributed by atoms with Crippen molar-refractivity contribution in [1.29, 1.82) is 0 Å². The van der Waals surface area contributed by atoms with E-state index in [0.29, 0.717) is 10.6 Å². The maximum atomic E-state index is 13.4. The number of aliphatic hydroxyl groups excluding tert-OH is 1. The van der Waals surface area contributed by atoms with Gasteiger partial charge in [0.2, 0.25) is 0 Å². The first kappa shape index (κ1) is 13.0. The zero-order valence-corrected chi connectivity index (χ0v) is 10.5. The summed E-state index contributed by atoms with van der Waals surface area (Å²) in [5, 5.41) is 11.7. The second-order valence-corrected chi connectivity index (χ2v) is 4.76. The lowest BCUT2D eigenvalue weighted by Crippen LogP contribution is -2.03. The fourth-order valence-electron chi connectivity index (χ4n) is 1.63. The summed E-state index contributed by atoms with van der Waals surface area (Å²) in [7, 11) is 1.53. The molecule has 0 amide bonds. The van der Waals surface area contributed by atoms with Gasteiger partial charge in [0.05, 0.1) is 13.2 Å². The Hall–Kier alpha value is -1.46. The third-order valence-electron chi connectivity index (χ3n) is 2.60. The molecule has 96 valence electrons. The van der Waals surface area contributed by atoms with Crippen molar-refractivity contribution in [3.63, 3.8) is 0 Å². The molecule has 0 bridgehead atoms. The van der Waals surface area contributed by atoms with Crippen LogP contribution in [0.15, 0.2) is 29.6 Å². The highest BCUT2D eigenvalue weighted by Crippen LogP contribution is 2.29. The number of aliphatic hydroxyl groups is 1. The van der Waals surface area contributed by atoms with E-state index < -0.39 is 17.7 Å². The van der Waals surface area contributed by atoms with Gasteiger partial charge in [-0.2, -0.15) is 0 Å². The second-order valence-electron chi connectivity index (χ2n) is 3.82. The molecule has 2 rings (SSSR count). The van der Waals surface area contributed by atoms with Crippen molar-refractivity contribution < 1.29 is 18.6 Å². The first-order chi connectivity index (χ1) is 8.61. The standard InChI is InChI=1S/C13H12F2O2S/c1-17-9-6-12(18-7-9)11(16)5-8-3-2-4-10(14)13(8)15/h2-4,6-7,11,16H,5H2,1H3. The molecule has 0 saturated heterocycles. The predicted molar refractivity (Wildman–Crippen MR) is 65.9 cm³/mol. The quantitative estimate of drug-likeness (QED) is 0.923. The van der Waals surface area contributed by atoms with Crippen LogP contribution in [0.2, 0.25) is 0 Å². The molecule has 0 aliphatic heterocycles. The van der Waals surface area contributed by atoms with Crippen molar-refractivity contribution in [1.82, 2.24) is 0 Å². The van der Waals surface area contributed by atoms with Crippen molar-refractivity contribution in [2.75, 3.05) is 7.11 Å². The smallest absolute Gasteiger partial charge is 0.162 e. The predicted octanol–water partition coefficient (Wildman–Crippen LogP) is 3.31. The zero-order chi connectivity index (χ0) is 13.1. The van der Waals surface area contributed by atoms with Crippen LogP contribution in [0.3, 0.4) is 0 Å². The van der Waals surface area contributed by atoms with Gasteiger partial charge in [-0.3, -0.25) is 0 Å². The van der Waals surface area contributed by atoms with E-state index in [-0.39, 0.29) is 12.0 Å². The molecule has 0 saturated carbocycles. The Kier molecular flexibility index (Phi) is 3.93. The van der Waals surface area contributed by atoms with E-state index >= 15 is 0 Å². The maximum absolute atomic E-state index is 13.4. The van der Waals surface area contributed by atoms with Crippen molar-refractivity contribution in [2.24, 2.45) is 0 Å². The molecule has 18 heavy (non-hydrogen) atoms. The molecule has 0 radical (unpaired) electrons. The molecule has 5 heteroatoms. The average Bonchev–Trinajstić information content (AvgIpc) is 2.83. The molecular weight excluding hydrogens is 258 g/mol. The number of thiophene rings is 1. The highest BCUT2D eigenvalue weighted by molar-refractivity contribution is 7.10. The maximum Gasteiger partial charge on any atom is 0.162 e. The Bertz CT molecular complexity index is 540. The summed E-state index contributed by atoms with van der Waals surface area (Å²) in [6, 6.07) is 5.63. The molecule has 1 atom stereocenters. The van der Waals surface area contributed by atoms with Crippen molar-refractivity contribution >= 4 is 11.3 Å². The van der Waals surface area contributed by atoms with Crippen LogP contribution in [0.4, 0.5) is 8.78 Å². The Morgan fingerprint density at radius 2 is 2.17 bits per heavy atom. The average molecular weight is 270 g/mol. The van der Waals surface area contributed by atoms with Gasteiger partial charge < -0.3 is 9.84 Å². The van der Waals surface area contributed by atoms with Gasteiger partial charge in [-0.05, 0) is 17.7 Å². The topological polar surface area (TPSA) is 29.5 Å². The highest BCUT2D eigenvalue weighted by Gasteiger charge is 2.15. The molecule has 0 aliphatic carbocycles. The van der Waals surface area contributed by atoms with Gasteiger partial charge in [0, 0.05) is 16.7 Å². The van der Waals surface area contributed by atoms with Crippen molar-refractivity contribution in [2.45, 2.75) is 12.5 Å². The van der Waals surface area contributed by atoms with Gasteiger partial charge in [0.15, 0.2) is 11.6 Å². The Balaban J connectivity index is 2.15. The normalized spacial score (nSPS) is 12.4. The van der Waals surface area contributed by atoms with Crippen molar-refractivity contribution in [3.05, 3.63) is 51.7 Å². The second kappa shape index (κ2) is 5.46. The molecule has 1 N–H and O–H groups in total. The zero-order valence-electron chi connectivity index (χ0n) is 9.69. The van der Waals surface area contributed by atoms with E-state index in [1.54, 1.807) is 11.4 Å². The molecule has 1 aromatic carbocycles. The summed E-state index contributed by atoms with van der Waals surface area (Å²) in [5.74, 6) is -1.16. The lowest BCUT2D eigenvalue weighted by molar-refractivity contribution is 0.180. The monoisotopic (exact) mass is 270 g/mol. The molecule has 2 aromatic rings. The van der Waals surface area contributed by atoms with Crippen molar-refractivity contribution in [3.8, 4) is 5.75 Å². The number of hydrogen-bond acceptors (Lipinski definition) is 3. The van der Waals surface area contributed by atoms with Gasteiger partial charge in [0.1, 0.15) is 5.75 Å². The lowest BCUT2D eigenvalue weighted by atomic mass is 10.1. The number of methoxy groups -OCH3 is 1. The highest BCUT2D eigenvalue weighted by atomic mass is 32.1. The van der Waals surface area contributed by atoms with E-state index in [0.717, 1.165) is 6.07 Å². The molecule has 0 fully saturated rings. The van der Waals surface area contributed by atoms with Gasteiger partial charge in [-0.25, -0.2) is 8.78 Å². The summed E-state index contributed by atoms with van der Waals surface area (Å²) in [6.07, 6.45) is -0.831. The van der Waals surface area contributed by atoms with Gasteiger partial charge in [-0.15, -0.1) is 11.3 Å². The summed E-state index contributed by atoms with van der Waals surface area (Å²) in [4.78, 5) is 0.663. The molecule has 1 heterocycles. The molecule has 2 nitrogen and oxygen atoms in total. The van der Waals surface area contributed by atoms with Crippen LogP contribution in [-0.4, -0.2) is 12.2 Å². The minimum absolute atomic E-state index is 0.0350. The van der Waals surface area contributed by atoms with Gasteiger partial charge >= 0.3 is 0 Å². The van der Waals surface area contributed by atoms with E-state index in [9.17, 15) is 13.9 Å². The van der Waals surface area contributed by atoms with Crippen LogP contribution in [0, 0.1) is 11.6 Å². The van der Waals surface area contributed by atoms with E-state index in [2.05, 4.69) is 0 Å². The first-order valence-electron chi connectivity index (χ1n) is 5.35. The Morgan fingerprint density at radius 1 is 1.39 bits per heavy atom. The molecular formula is C13H12F2O2S. The van der Waals surface area contributed by atoms with E-state index in [4.69, 9.17) is 4.74 Å². The lowest BCUT2D eigenvalue weighted by Gasteiger charge is -2.09. The third kappa shape index (κ3) is 2.68. The molecule has 1 unspecified atom stereocenters. The fraction of sp³-hybridized carbons (Fsp3) is 0.231. The van der Waals surface area contributed by atoms with Crippen LogP contribution < -0.4 is 4.74 Å². The van der Waals surface area contributed by atoms with E-state index in [1.165, 1.54) is 30.6 Å². The number of ether oxygens (including phenoxy) is 1. The summed E-state index contributed by atoms with van der Waals surface area (Å²) in [5.41, 5.74) is 0.162. The van der Waals surface area contributed by atoms with Crippen LogP contribution in [-0.2, 0) is 6.42 Å².